The van der Waals surface area contributed by atoms with Crippen LogP contribution in [0.4, 0.5) is 0 Å². The van der Waals surface area contributed by atoms with E-state index in [0.29, 0.717) is 34.6 Å². The third-order valence-electron chi connectivity index (χ3n) is 4.88. The average molecular weight is 400 g/mol. The van der Waals surface area contributed by atoms with E-state index in [1.54, 1.807) is 62.4 Å². The zero-order chi connectivity index (χ0) is 21.7. The fourth-order valence-electron chi connectivity index (χ4n) is 3.26. The van der Waals surface area contributed by atoms with Gasteiger partial charge in [-0.15, -0.1) is 0 Å². The molecule has 0 saturated heterocycles. The van der Waals surface area contributed by atoms with Crippen LogP contribution in [0.3, 0.4) is 0 Å². The maximum Gasteiger partial charge on any atom is 0.311 e. The van der Waals surface area contributed by atoms with Crippen molar-refractivity contribution >= 4 is 11.8 Å². The number of benzene rings is 2. The molecule has 0 aliphatic carbocycles. The van der Waals surface area contributed by atoms with Gasteiger partial charge in [0.15, 0.2) is 5.78 Å². The molecule has 3 rings (SSSR count). The second kappa shape index (κ2) is 9.01. The summed E-state index contributed by atoms with van der Waals surface area (Å²) in [6.07, 6.45) is 0.426. The maximum absolute atomic E-state index is 12.4. The van der Waals surface area contributed by atoms with Crippen LogP contribution < -0.4 is 10.3 Å². The first-order chi connectivity index (χ1) is 14.4. The largest absolute Gasteiger partial charge is 0.427 e. The lowest BCUT2D eigenvalue weighted by molar-refractivity contribution is -0.134. The molecule has 0 bridgehead atoms. The summed E-state index contributed by atoms with van der Waals surface area (Å²) in [6.45, 7) is 3.43. The molecule has 150 valence electrons. The van der Waals surface area contributed by atoms with Gasteiger partial charge in [0.2, 0.25) is 0 Å². The summed E-state index contributed by atoms with van der Waals surface area (Å²) in [6, 6.07) is 17.2. The number of rotatable bonds is 6. The Morgan fingerprint density at radius 3 is 2.27 bits per heavy atom. The Morgan fingerprint density at radius 2 is 1.63 bits per heavy atom. The predicted molar refractivity (Wildman–Crippen MR) is 112 cm³/mol. The molecule has 1 heterocycles. The average Bonchev–Trinajstić information content (AvgIpc) is 2.74. The summed E-state index contributed by atoms with van der Waals surface area (Å²) < 4.78 is 5.35. The van der Waals surface area contributed by atoms with E-state index < -0.39 is 11.5 Å². The van der Waals surface area contributed by atoms with Gasteiger partial charge in [-0.25, -0.2) is 0 Å². The van der Waals surface area contributed by atoms with Gasteiger partial charge in [-0.1, -0.05) is 30.3 Å². The second-order valence-electron chi connectivity index (χ2n) is 6.86. The molecule has 0 radical (unpaired) electrons. The Kier molecular flexibility index (Phi) is 6.23. The monoisotopic (exact) mass is 400 g/mol. The molecule has 3 aromatic rings. The number of ketones is 1. The minimum absolute atomic E-state index is 0.0580. The van der Waals surface area contributed by atoms with Gasteiger partial charge in [0, 0.05) is 16.8 Å². The van der Waals surface area contributed by atoms with Crippen LogP contribution in [0.1, 0.15) is 44.7 Å². The number of aromatic amines is 1. The number of carbonyl (C=O) groups excluding carboxylic acids is 2. The number of carbonyl (C=O) groups is 2. The number of nitriles is 1. The molecule has 6 nitrogen and oxygen atoms in total. The van der Waals surface area contributed by atoms with Gasteiger partial charge in [-0.05, 0) is 55.7 Å². The van der Waals surface area contributed by atoms with Crippen molar-refractivity contribution < 1.29 is 14.3 Å². The van der Waals surface area contributed by atoms with Gasteiger partial charge < -0.3 is 9.72 Å². The van der Waals surface area contributed by atoms with Crippen LogP contribution in [0.5, 0.6) is 5.75 Å². The van der Waals surface area contributed by atoms with Crippen molar-refractivity contribution in [1.29, 1.82) is 5.26 Å². The molecule has 1 N–H and O–H groups in total. The summed E-state index contributed by atoms with van der Waals surface area (Å²) in [5.41, 5.74) is 2.69. The number of hydrogen-bond donors (Lipinski definition) is 1. The van der Waals surface area contributed by atoms with Crippen molar-refractivity contribution in [2.45, 2.75) is 26.7 Å². The molecule has 0 fully saturated rings. The molecule has 0 atom stereocenters. The van der Waals surface area contributed by atoms with E-state index in [1.165, 1.54) is 0 Å². The van der Waals surface area contributed by atoms with Gasteiger partial charge in [-0.2, -0.15) is 5.26 Å². The van der Waals surface area contributed by atoms with Crippen molar-refractivity contribution in [3.05, 3.63) is 98.5 Å². The smallest absolute Gasteiger partial charge is 0.311 e. The zero-order valence-electron chi connectivity index (χ0n) is 16.7. The topological polar surface area (TPSA) is 100 Å². The van der Waals surface area contributed by atoms with E-state index in [0.717, 1.165) is 5.56 Å². The lowest BCUT2D eigenvalue weighted by atomic mass is 9.99. The van der Waals surface area contributed by atoms with E-state index in [4.69, 9.17) is 10.00 Å². The number of H-pyrrole nitrogens is 1. The number of esters is 1. The Labute approximate surface area is 173 Å². The highest BCUT2D eigenvalue weighted by Crippen LogP contribution is 2.18. The van der Waals surface area contributed by atoms with E-state index in [-0.39, 0.29) is 17.8 Å². The Hall–Kier alpha value is -3.98. The predicted octanol–water partition coefficient (Wildman–Crippen LogP) is 3.63. The normalized spacial score (nSPS) is 10.3. The molecular formula is C24H20N2O4. The number of hydrogen-bond acceptors (Lipinski definition) is 5. The Bertz CT molecular complexity index is 1190. The first-order valence-corrected chi connectivity index (χ1v) is 9.43. The molecule has 0 spiro atoms. The van der Waals surface area contributed by atoms with Gasteiger partial charge in [0.25, 0.3) is 5.56 Å². The van der Waals surface area contributed by atoms with Crippen LogP contribution in [0.15, 0.2) is 59.4 Å². The van der Waals surface area contributed by atoms with Crippen LogP contribution in [-0.4, -0.2) is 16.7 Å². The fourth-order valence-corrected chi connectivity index (χ4v) is 3.26. The van der Waals surface area contributed by atoms with Crippen LogP contribution in [-0.2, 0) is 11.2 Å². The van der Waals surface area contributed by atoms with Crippen molar-refractivity contribution in [2.75, 3.05) is 0 Å². The maximum atomic E-state index is 12.4. The van der Waals surface area contributed by atoms with Crippen molar-refractivity contribution in [1.82, 2.24) is 4.98 Å². The number of pyridine rings is 1. The van der Waals surface area contributed by atoms with Crippen LogP contribution in [0.2, 0.25) is 0 Å². The second-order valence-corrected chi connectivity index (χ2v) is 6.86. The summed E-state index contributed by atoms with van der Waals surface area (Å²) in [7, 11) is 0. The van der Waals surface area contributed by atoms with Crippen molar-refractivity contribution in [3.8, 4) is 11.8 Å². The molecule has 1 aromatic heterocycles. The van der Waals surface area contributed by atoms with Gasteiger partial charge in [0.1, 0.15) is 17.4 Å². The van der Waals surface area contributed by atoms with E-state index in [2.05, 4.69) is 4.98 Å². The highest BCUT2D eigenvalue weighted by Gasteiger charge is 2.15. The molecule has 0 aliphatic rings. The van der Waals surface area contributed by atoms with Gasteiger partial charge in [0.05, 0.1) is 6.42 Å². The summed E-state index contributed by atoms with van der Waals surface area (Å²) >= 11 is 0. The first kappa shape index (κ1) is 20.7. The molecule has 0 unspecified atom stereocenters. The lowest BCUT2D eigenvalue weighted by Gasteiger charge is -2.11. The minimum Gasteiger partial charge on any atom is -0.427 e. The summed E-state index contributed by atoms with van der Waals surface area (Å²) in [5.74, 6) is -0.205. The molecule has 0 amide bonds. The highest BCUT2D eigenvalue weighted by molar-refractivity contribution is 6.09. The molecule has 30 heavy (non-hydrogen) atoms. The van der Waals surface area contributed by atoms with Gasteiger partial charge >= 0.3 is 5.97 Å². The lowest BCUT2D eigenvalue weighted by Crippen LogP contribution is -2.18. The van der Waals surface area contributed by atoms with E-state index in [1.807, 2.05) is 12.1 Å². The number of nitrogens with zero attached hydrogens (tertiary/aromatic N) is 1. The first-order valence-electron chi connectivity index (χ1n) is 9.43. The summed E-state index contributed by atoms with van der Waals surface area (Å²) in [4.78, 5) is 39.1. The Morgan fingerprint density at radius 1 is 1.00 bits per heavy atom. The highest BCUT2D eigenvalue weighted by atomic mass is 16.5. The van der Waals surface area contributed by atoms with Crippen molar-refractivity contribution in [3.63, 3.8) is 0 Å². The number of aromatic nitrogens is 1. The number of nitrogens with one attached hydrogen (secondary N) is 1. The quantitative estimate of drug-likeness (QED) is 0.387. The SMILES string of the molecule is Cc1[nH]c(=O)c(C#N)c(C)c1CCC(=O)Oc1ccc(C(=O)c2ccccc2)cc1. The molecule has 2 aromatic carbocycles. The van der Waals surface area contributed by atoms with Crippen LogP contribution in [0, 0.1) is 25.2 Å². The number of ether oxygens (including phenoxy) is 1. The van der Waals surface area contributed by atoms with E-state index >= 15 is 0 Å². The molecular weight excluding hydrogens is 380 g/mol. The van der Waals surface area contributed by atoms with Crippen molar-refractivity contribution in [2.24, 2.45) is 0 Å². The number of aryl methyl sites for hydroxylation is 1. The molecule has 0 saturated carbocycles. The van der Waals surface area contributed by atoms with Gasteiger partial charge in [-0.3, -0.25) is 14.4 Å². The van der Waals surface area contributed by atoms with Crippen LogP contribution >= 0.6 is 0 Å². The zero-order valence-corrected chi connectivity index (χ0v) is 16.7. The van der Waals surface area contributed by atoms with E-state index in [9.17, 15) is 14.4 Å². The summed E-state index contributed by atoms with van der Waals surface area (Å²) in [5, 5.41) is 9.14. The third kappa shape index (κ3) is 4.53. The molecule has 6 heteroatoms. The standard InChI is InChI=1S/C24H20N2O4/c1-15-20(16(2)26-24(29)21(15)14-25)12-13-22(27)30-19-10-8-18(9-11-19)23(28)17-6-4-3-5-7-17/h3-11H,12-13H2,1-2H3,(H,26,29). The Balaban J connectivity index is 1.64. The minimum atomic E-state index is -0.444. The molecule has 0 aliphatic heterocycles. The fraction of sp³-hybridized carbons (Fsp3) is 0.167. The van der Waals surface area contributed by atoms with Crippen LogP contribution in [0.25, 0.3) is 0 Å². The third-order valence-corrected chi connectivity index (χ3v) is 4.88.